The highest BCUT2D eigenvalue weighted by Gasteiger charge is 2.57. The highest BCUT2D eigenvalue weighted by molar-refractivity contribution is 5.98. The molecule has 3 aliphatic carbocycles. The van der Waals surface area contributed by atoms with Crippen LogP contribution in [0.1, 0.15) is 59.6 Å². The van der Waals surface area contributed by atoms with Crippen LogP contribution in [0.5, 0.6) is 5.88 Å². The Hall–Kier alpha value is -2.78. The number of aromatic hydroxyl groups is 1. The normalized spacial score (nSPS) is 27.8. The number of alkyl halides is 3. The molecule has 10 heteroatoms. The van der Waals surface area contributed by atoms with E-state index < -0.39 is 34.9 Å². The van der Waals surface area contributed by atoms with E-state index in [9.17, 15) is 27.9 Å². The van der Waals surface area contributed by atoms with Gasteiger partial charge in [0, 0.05) is 25.3 Å². The summed E-state index contributed by atoms with van der Waals surface area (Å²) in [4.78, 5) is 32.8. The third-order valence-corrected chi connectivity index (χ3v) is 7.54. The van der Waals surface area contributed by atoms with E-state index in [1.54, 1.807) is 0 Å². The predicted molar refractivity (Wildman–Crippen MR) is 106 cm³/mol. The minimum atomic E-state index is -4.67. The second kappa shape index (κ2) is 6.62. The van der Waals surface area contributed by atoms with Crippen LogP contribution >= 0.6 is 0 Å². The van der Waals surface area contributed by atoms with E-state index in [0.717, 1.165) is 36.2 Å². The Morgan fingerprint density at radius 1 is 1.12 bits per heavy atom. The molecule has 1 aliphatic heterocycles. The number of imidazole rings is 1. The Kier molecular flexibility index (Phi) is 4.11. The van der Waals surface area contributed by atoms with E-state index in [4.69, 9.17) is 0 Å². The first-order chi connectivity index (χ1) is 15.2. The van der Waals surface area contributed by atoms with Crippen LogP contribution in [0.15, 0.2) is 12.3 Å². The van der Waals surface area contributed by atoms with Crippen molar-refractivity contribution in [2.24, 2.45) is 11.8 Å². The van der Waals surface area contributed by atoms with Gasteiger partial charge in [-0.3, -0.25) is 14.0 Å². The fourth-order valence-corrected chi connectivity index (χ4v) is 5.72. The van der Waals surface area contributed by atoms with Crippen LogP contribution in [0.2, 0.25) is 0 Å². The summed E-state index contributed by atoms with van der Waals surface area (Å²) in [5, 5.41) is 10.6. The lowest BCUT2D eigenvalue weighted by Crippen LogP contribution is -2.53. The number of pyridine rings is 1. The van der Waals surface area contributed by atoms with Crippen molar-refractivity contribution in [2.45, 2.75) is 50.2 Å². The molecule has 7 nitrogen and oxygen atoms in total. The van der Waals surface area contributed by atoms with Crippen molar-refractivity contribution in [1.29, 1.82) is 0 Å². The van der Waals surface area contributed by atoms with E-state index in [2.05, 4.69) is 4.98 Å². The van der Waals surface area contributed by atoms with E-state index >= 15 is 0 Å². The van der Waals surface area contributed by atoms with Gasteiger partial charge < -0.3 is 14.9 Å². The first kappa shape index (κ1) is 19.9. The minimum Gasteiger partial charge on any atom is -0.492 e. The number of amides is 2. The van der Waals surface area contributed by atoms with Crippen molar-refractivity contribution >= 4 is 17.5 Å². The number of carbonyl (C=O) groups is 2. The Balaban J connectivity index is 1.28. The summed E-state index contributed by atoms with van der Waals surface area (Å²) in [6.07, 6.45) is 1.82. The molecule has 6 rings (SSSR count). The SMILES string of the molecule is O=C(c1nc2c(C(F)(F)F)cc(C3CC3)cn2c1O)N1CCN(C2[C@H]3CCC[C@@H]23)C(=O)C1. The number of piperazine rings is 1. The molecule has 2 amide bonds. The second-order valence-corrected chi connectivity index (χ2v) is 9.50. The van der Waals surface area contributed by atoms with Crippen LogP contribution < -0.4 is 0 Å². The highest BCUT2D eigenvalue weighted by atomic mass is 19.4. The van der Waals surface area contributed by atoms with E-state index in [-0.39, 0.29) is 31.0 Å². The zero-order valence-electron chi connectivity index (χ0n) is 17.3. The topological polar surface area (TPSA) is 78.2 Å². The molecule has 3 heterocycles. The Labute approximate surface area is 181 Å². The number of rotatable bonds is 3. The van der Waals surface area contributed by atoms with Crippen molar-refractivity contribution < 1.29 is 27.9 Å². The molecule has 0 aromatic carbocycles. The molecule has 1 N–H and O–H groups in total. The summed E-state index contributed by atoms with van der Waals surface area (Å²) in [5.41, 5.74) is -1.46. The third-order valence-electron chi connectivity index (χ3n) is 7.54. The number of carbonyl (C=O) groups excluding carboxylic acids is 2. The summed E-state index contributed by atoms with van der Waals surface area (Å²) in [6.45, 7) is 0.519. The maximum absolute atomic E-state index is 13.7. The predicted octanol–water partition coefficient (Wildman–Crippen LogP) is 3.02. The van der Waals surface area contributed by atoms with E-state index in [0.29, 0.717) is 23.9 Å². The fraction of sp³-hybridized carbons (Fsp3) is 0.591. The van der Waals surface area contributed by atoms with Gasteiger partial charge in [-0.1, -0.05) is 6.42 Å². The number of hydrogen-bond donors (Lipinski definition) is 1. The molecule has 0 spiro atoms. The number of fused-ring (bicyclic) bond motifs is 2. The lowest BCUT2D eigenvalue weighted by molar-refractivity contribution is -0.137. The van der Waals surface area contributed by atoms with Gasteiger partial charge in [0.05, 0.1) is 5.56 Å². The van der Waals surface area contributed by atoms with Crippen LogP contribution in [0.3, 0.4) is 0 Å². The first-order valence-corrected chi connectivity index (χ1v) is 11.1. The highest BCUT2D eigenvalue weighted by Crippen LogP contribution is 2.55. The molecule has 0 bridgehead atoms. The van der Waals surface area contributed by atoms with Crippen LogP contribution in [0.4, 0.5) is 13.2 Å². The molecule has 1 saturated heterocycles. The quantitative estimate of drug-likeness (QED) is 0.783. The zero-order chi connectivity index (χ0) is 22.4. The van der Waals surface area contributed by atoms with Gasteiger partial charge in [-0.15, -0.1) is 0 Å². The Bertz CT molecular complexity index is 1130. The number of hydrogen-bond acceptors (Lipinski definition) is 4. The molecular formula is C22H23F3N4O3. The van der Waals surface area contributed by atoms with Crippen molar-refractivity contribution in [1.82, 2.24) is 19.2 Å². The molecule has 2 aromatic rings. The summed E-state index contributed by atoms with van der Waals surface area (Å²) in [7, 11) is 0. The molecule has 170 valence electrons. The average Bonchev–Trinajstić information content (AvgIpc) is 3.64. The molecule has 3 saturated carbocycles. The maximum Gasteiger partial charge on any atom is 0.419 e. The average molecular weight is 448 g/mol. The summed E-state index contributed by atoms with van der Waals surface area (Å²) >= 11 is 0. The molecular weight excluding hydrogens is 425 g/mol. The first-order valence-electron chi connectivity index (χ1n) is 11.1. The van der Waals surface area contributed by atoms with Gasteiger partial charge in [-0.2, -0.15) is 13.2 Å². The van der Waals surface area contributed by atoms with Crippen LogP contribution in [-0.4, -0.2) is 61.8 Å². The van der Waals surface area contributed by atoms with Crippen molar-refractivity contribution in [3.63, 3.8) is 0 Å². The third kappa shape index (κ3) is 2.98. The molecule has 2 aromatic heterocycles. The molecule has 4 aliphatic rings. The molecule has 3 atom stereocenters. The van der Waals surface area contributed by atoms with Crippen molar-refractivity contribution in [2.75, 3.05) is 19.6 Å². The summed E-state index contributed by atoms with van der Waals surface area (Å²) < 4.78 is 42.0. The largest absolute Gasteiger partial charge is 0.492 e. The van der Waals surface area contributed by atoms with E-state index in [1.165, 1.54) is 17.5 Å². The van der Waals surface area contributed by atoms with Gasteiger partial charge in [-0.05, 0) is 55.1 Å². The van der Waals surface area contributed by atoms with Gasteiger partial charge in [0.1, 0.15) is 6.54 Å². The number of halogens is 3. The summed E-state index contributed by atoms with van der Waals surface area (Å²) in [6, 6.07) is 1.33. The number of aromatic nitrogens is 2. The van der Waals surface area contributed by atoms with E-state index in [1.807, 2.05) is 4.90 Å². The zero-order valence-corrected chi connectivity index (χ0v) is 17.3. The van der Waals surface area contributed by atoms with Crippen LogP contribution in [0.25, 0.3) is 5.65 Å². The van der Waals surface area contributed by atoms with Crippen molar-refractivity contribution in [3.05, 3.63) is 29.1 Å². The van der Waals surface area contributed by atoms with Crippen LogP contribution in [0, 0.1) is 11.8 Å². The van der Waals surface area contributed by atoms with Gasteiger partial charge in [0.25, 0.3) is 5.91 Å². The van der Waals surface area contributed by atoms with Gasteiger partial charge >= 0.3 is 6.18 Å². The standard InChI is InChI=1S/C22H23F3N4O3/c23-22(24,25)15-8-12(11-4-5-11)9-29-19(15)26-17(21(29)32)20(31)27-6-7-28(16(30)10-27)18-13-2-1-3-14(13)18/h8-9,11,13-14,18,32H,1-7,10H2/t13-,14+,18?. The second-order valence-electron chi connectivity index (χ2n) is 9.50. The fourth-order valence-electron chi connectivity index (χ4n) is 5.72. The smallest absolute Gasteiger partial charge is 0.419 e. The minimum absolute atomic E-state index is 0.0223. The lowest BCUT2D eigenvalue weighted by Gasteiger charge is -2.35. The Morgan fingerprint density at radius 3 is 2.47 bits per heavy atom. The van der Waals surface area contributed by atoms with Gasteiger partial charge in [-0.25, -0.2) is 4.98 Å². The molecule has 32 heavy (non-hydrogen) atoms. The molecule has 1 unspecified atom stereocenters. The lowest BCUT2D eigenvalue weighted by atomic mass is 10.1. The number of nitrogens with zero attached hydrogens (tertiary/aromatic N) is 4. The van der Waals surface area contributed by atoms with Crippen molar-refractivity contribution in [3.8, 4) is 5.88 Å². The maximum atomic E-state index is 13.7. The molecule has 4 fully saturated rings. The van der Waals surface area contributed by atoms with Crippen LogP contribution in [-0.2, 0) is 11.0 Å². The van der Waals surface area contributed by atoms with Gasteiger partial charge in [0.2, 0.25) is 11.8 Å². The molecule has 0 radical (unpaired) electrons. The Morgan fingerprint density at radius 2 is 1.84 bits per heavy atom. The van der Waals surface area contributed by atoms with Gasteiger partial charge in [0.15, 0.2) is 11.3 Å². The monoisotopic (exact) mass is 448 g/mol. The summed E-state index contributed by atoms with van der Waals surface area (Å²) in [5.74, 6) is -0.329.